The molecule has 2 rings (SSSR count). The van der Waals surface area contributed by atoms with E-state index in [-0.39, 0.29) is 44.9 Å². The van der Waals surface area contributed by atoms with Crippen LogP contribution in [0.4, 0.5) is 31.4 Å². The number of anilines is 3. The first-order chi connectivity index (χ1) is 17.3. The molecule has 2 aromatic carbocycles. The third-order valence-electron chi connectivity index (χ3n) is 4.20. The van der Waals surface area contributed by atoms with Crippen LogP contribution >= 0.6 is 0 Å². The first kappa shape index (κ1) is 34.9. The molecule has 0 atom stereocenters. The SMILES string of the molecule is CC.CCOC(=O)Nc1ccc(N(Cc2cc[c-]cc2)C(=O)OC(C)(C)C)cc1NC(=O)OC(C)(C)C.[Pd]. The molecule has 0 bridgehead atoms. The van der Waals surface area contributed by atoms with E-state index >= 15 is 0 Å². The summed E-state index contributed by atoms with van der Waals surface area (Å²) in [6.45, 7) is 16.6. The van der Waals surface area contributed by atoms with Gasteiger partial charge in [-0.05, 0) is 66.7 Å². The van der Waals surface area contributed by atoms with Gasteiger partial charge < -0.3 is 14.2 Å². The van der Waals surface area contributed by atoms with Gasteiger partial charge in [0, 0.05) is 32.7 Å². The van der Waals surface area contributed by atoms with Gasteiger partial charge in [-0.1, -0.05) is 13.8 Å². The van der Waals surface area contributed by atoms with E-state index < -0.39 is 29.5 Å². The quantitative estimate of drug-likeness (QED) is 0.198. The van der Waals surface area contributed by atoms with Crippen molar-refractivity contribution in [2.24, 2.45) is 0 Å². The summed E-state index contributed by atoms with van der Waals surface area (Å²) < 4.78 is 15.9. The van der Waals surface area contributed by atoms with Crippen LogP contribution in [-0.2, 0) is 41.2 Å². The number of rotatable bonds is 6. The van der Waals surface area contributed by atoms with Crippen LogP contribution in [0.5, 0.6) is 0 Å². The first-order valence-electron chi connectivity index (χ1n) is 12.3. The molecule has 0 unspecified atom stereocenters. The van der Waals surface area contributed by atoms with Crippen molar-refractivity contribution in [2.75, 3.05) is 22.1 Å². The second-order valence-electron chi connectivity index (χ2n) is 9.68. The molecular weight excluding hydrogens is 581 g/mol. The Balaban J connectivity index is 0.00000445. The molecule has 0 heterocycles. The Hall–Kier alpha value is -3.09. The number of carbonyl (C=O) groups excluding carboxylic acids is 3. The minimum Gasteiger partial charge on any atom is -0.450 e. The van der Waals surface area contributed by atoms with Gasteiger partial charge in [-0.2, -0.15) is 30.3 Å². The van der Waals surface area contributed by atoms with Crippen molar-refractivity contribution in [3.05, 3.63) is 54.1 Å². The fraction of sp³-hybridized carbons (Fsp3) is 0.464. The van der Waals surface area contributed by atoms with Crippen molar-refractivity contribution in [3.63, 3.8) is 0 Å². The molecule has 0 aliphatic rings. The van der Waals surface area contributed by atoms with Crippen molar-refractivity contribution >= 4 is 35.3 Å². The topological polar surface area (TPSA) is 106 Å². The summed E-state index contributed by atoms with van der Waals surface area (Å²) in [7, 11) is 0. The summed E-state index contributed by atoms with van der Waals surface area (Å²) in [4.78, 5) is 39.1. The van der Waals surface area contributed by atoms with Crippen LogP contribution < -0.4 is 15.5 Å². The number of carbonyl (C=O) groups is 3. The van der Waals surface area contributed by atoms with E-state index in [1.807, 2.05) is 26.0 Å². The standard InChI is InChI=1S/C26H34N3O6.C2H6.Pd/c1-8-33-22(30)27-20-15-14-19(16-21(20)28-23(31)34-25(2,3)4)29(24(32)35-26(5,6)7)17-18-12-10-9-11-13-18;1-2;/h10-16H,8,17H2,1-7H3,(H,27,30)(H,28,31);1-2H3;/q-1;;. The molecule has 0 spiro atoms. The second kappa shape index (κ2) is 16.0. The molecule has 38 heavy (non-hydrogen) atoms. The van der Waals surface area contributed by atoms with Crippen molar-refractivity contribution in [1.29, 1.82) is 0 Å². The van der Waals surface area contributed by atoms with Gasteiger partial charge in [0.25, 0.3) is 0 Å². The Morgan fingerprint density at radius 2 is 1.39 bits per heavy atom. The minimum atomic E-state index is -0.733. The van der Waals surface area contributed by atoms with Gasteiger partial charge in [-0.15, -0.1) is 5.56 Å². The van der Waals surface area contributed by atoms with E-state index in [2.05, 4.69) is 16.7 Å². The fourth-order valence-corrected chi connectivity index (χ4v) is 2.89. The Morgan fingerprint density at radius 1 is 0.842 bits per heavy atom. The van der Waals surface area contributed by atoms with Crippen molar-refractivity contribution in [3.8, 4) is 0 Å². The van der Waals surface area contributed by atoms with E-state index in [1.165, 1.54) is 4.90 Å². The van der Waals surface area contributed by atoms with E-state index in [9.17, 15) is 14.4 Å². The van der Waals surface area contributed by atoms with Crippen LogP contribution in [0.15, 0.2) is 42.5 Å². The summed E-state index contributed by atoms with van der Waals surface area (Å²) in [5.74, 6) is 0. The number of nitrogens with zero attached hydrogens (tertiary/aromatic N) is 1. The summed E-state index contributed by atoms with van der Waals surface area (Å²) in [5.41, 5.74) is 0.334. The van der Waals surface area contributed by atoms with Gasteiger partial charge in [0.05, 0.1) is 18.0 Å². The van der Waals surface area contributed by atoms with E-state index in [0.29, 0.717) is 5.69 Å². The number of benzene rings is 2. The molecule has 2 aromatic rings. The van der Waals surface area contributed by atoms with E-state index in [4.69, 9.17) is 14.2 Å². The van der Waals surface area contributed by atoms with Crippen molar-refractivity contribution < 1.29 is 49.0 Å². The fourth-order valence-electron chi connectivity index (χ4n) is 2.89. The van der Waals surface area contributed by atoms with Gasteiger partial charge in [0.2, 0.25) is 0 Å². The normalized spacial score (nSPS) is 10.6. The van der Waals surface area contributed by atoms with Gasteiger partial charge in [0.1, 0.15) is 11.2 Å². The predicted molar refractivity (Wildman–Crippen MR) is 146 cm³/mol. The van der Waals surface area contributed by atoms with Gasteiger partial charge >= 0.3 is 18.3 Å². The van der Waals surface area contributed by atoms with Crippen LogP contribution in [0.3, 0.4) is 0 Å². The number of ether oxygens (including phenoxy) is 3. The molecule has 9 nitrogen and oxygen atoms in total. The molecule has 0 fully saturated rings. The summed E-state index contributed by atoms with van der Waals surface area (Å²) in [5, 5.41) is 5.24. The number of hydrogen-bond donors (Lipinski definition) is 2. The summed E-state index contributed by atoms with van der Waals surface area (Å²) in [6, 6.07) is 14.9. The van der Waals surface area contributed by atoms with Gasteiger partial charge in [-0.25, -0.2) is 14.4 Å². The molecule has 0 aromatic heterocycles. The Kier molecular flexibility index (Phi) is 14.7. The number of amides is 3. The largest absolute Gasteiger partial charge is 0.450 e. The average Bonchev–Trinajstić information content (AvgIpc) is 2.78. The Bertz CT molecular complexity index is 1030. The molecule has 0 aliphatic carbocycles. The van der Waals surface area contributed by atoms with E-state index in [0.717, 1.165) is 5.56 Å². The van der Waals surface area contributed by atoms with Crippen molar-refractivity contribution in [1.82, 2.24) is 0 Å². The third kappa shape index (κ3) is 12.9. The van der Waals surface area contributed by atoms with Gasteiger partial charge in [-0.3, -0.25) is 15.5 Å². The minimum absolute atomic E-state index is 0. The Labute approximate surface area is 240 Å². The van der Waals surface area contributed by atoms with Crippen LogP contribution in [0, 0.1) is 6.07 Å². The maximum atomic E-state index is 13.1. The molecular formula is C28H40N3O6Pd-. The number of hydrogen-bond acceptors (Lipinski definition) is 6. The molecule has 0 saturated carbocycles. The van der Waals surface area contributed by atoms with Crippen LogP contribution in [0.25, 0.3) is 0 Å². The smallest absolute Gasteiger partial charge is 0.415 e. The zero-order chi connectivity index (χ0) is 28.2. The third-order valence-corrected chi connectivity index (χ3v) is 4.20. The molecule has 0 radical (unpaired) electrons. The second-order valence-corrected chi connectivity index (χ2v) is 9.68. The molecule has 3 amide bonds. The van der Waals surface area contributed by atoms with Crippen LogP contribution in [-0.4, -0.2) is 36.1 Å². The first-order valence-corrected chi connectivity index (χ1v) is 12.3. The van der Waals surface area contributed by atoms with Gasteiger partial charge in [0.15, 0.2) is 0 Å². The molecule has 0 saturated heterocycles. The van der Waals surface area contributed by atoms with Crippen LogP contribution in [0.1, 0.15) is 67.9 Å². The van der Waals surface area contributed by atoms with Crippen molar-refractivity contribution in [2.45, 2.75) is 80.1 Å². The molecule has 214 valence electrons. The predicted octanol–water partition coefficient (Wildman–Crippen LogP) is 7.37. The molecule has 10 heteroatoms. The van der Waals surface area contributed by atoms with Crippen LogP contribution in [0.2, 0.25) is 0 Å². The average molecular weight is 621 g/mol. The van der Waals surface area contributed by atoms with E-state index in [1.54, 1.807) is 78.8 Å². The zero-order valence-electron chi connectivity index (χ0n) is 23.7. The molecule has 2 N–H and O–H groups in total. The summed E-state index contributed by atoms with van der Waals surface area (Å²) in [6.07, 6.45) is -1.97. The number of nitrogens with one attached hydrogen (secondary N) is 2. The summed E-state index contributed by atoms with van der Waals surface area (Å²) >= 11 is 0. The zero-order valence-corrected chi connectivity index (χ0v) is 25.2. The maximum absolute atomic E-state index is 13.1. The maximum Gasteiger partial charge on any atom is 0.415 e. The Morgan fingerprint density at radius 3 is 1.92 bits per heavy atom. The monoisotopic (exact) mass is 620 g/mol. The molecule has 0 aliphatic heterocycles.